The Hall–Kier alpha value is -2.62. The monoisotopic (exact) mass is 253 g/mol. The van der Waals surface area contributed by atoms with E-state index in [1.54, 1.807) is 49.5 Å². The Morgan fingerprint density at radius 1 is 1.05 bits per heavy atom. The molecule has 0 aliphatic rings. The number of nitrogens with one attached hydrogen (secondary N) is 2. The van der Waals surface area contributed by atoms with E-state index in [1.807, 2.05) is 6.07 Å². The predicted molar refractivity (Wildman–Crippen MR) is 73.1 cm³/mol. The quantitative estimate of drug-likeness (QED) is 0.880. The number of anilines is 1. The van der Waals surface area contributed by atoms with Crippen molar-refractivity contribution in [1.82, 2.24) is 5.32 Å². The number of benzene rings is 2. The number of hydrogen-bond donors (Lipinski definition) is 2. The Kier molecular flexibility index (Phi) is 3.93. The van der Waals surface area contributed by atoms with E-state index in [0.717, 1.165) is 0 Å². The molecule has 0 atom stereocenters. The Labute approximate surface area is 111 Å². The Bertz CT molecular complexity index is 594. The van der Waals surface area contributed by atoms with Gasteiger partial charge < -0.3 is 10.6 Å². The van der Waals surface area contributed by atoms with Gasteiger partial charge in [0.1, 0.15) is 0 Å². The lowest BCUT2D eigenvalue weighted by Gasteiger charge is -2.06. The molecule has 19 heavy (non-hydrogen) atoms. The lowest BCUT2D eigenvalue weighted by molar-refractivity contribution is 0.0961. The fourth-order valence-corrected chi connectivity index (χ4v) is 1.60. The molecule has 0 unspecified atom stereocenters. The smallest absolute Gasteiger partial charge is 0.255 e. The Balaban J connectivity index is 2.16. The third-order valence-corrected chi connectivity index (χ3v) is 2.57. The van der Waals surface area contributed by atoms with Crippen LogP contribution in [0.25, 0.3) is 0 Å². The highest BCUT2D eigenvalue weighted by Crippen LogP contribution is 2.11. The molecule has 0 heterocycles. The molecule has 0 aliphatic carbocycles. The van der Waals surface area contributed by atoms with Crippen LogP contribution in [0, 0.1) is 6.07 Å². The highest BCUT2D eigenvalue weighted by molar-refractivity contribution is 6.05. The second-order valence-corrected chi connectivity index (χ2v) is 3.89. The summed E-state index contributed by atoms with van der Waals surface area (Å²) >= 11 is 0. The number of carbonyl (C=O) groups excluding carboxylic acids is 2. The minimum absolute atomic E-state index is 0.213. The van der Waals surface area contributed by atoms with Gasteiger partial charge >= 0.3 is 0 Å². The van der Waals surface area contributed by atoms with Gasteiger partial charge in [-0.3, -0.25) is 9.59 Å². The first-order valence-electron chi connectivity index (χ1n) is 5.81. The van der Waals surface area contributed by atoms with Crippen LogP contribution in [-0.4, -0.2) is 18.9 Å². The SMILES string of the molecule is CNC(=O)c1[c]ccc(NC(=O)c2ccccc2)c1. The number of amides is 2. The van der Waals surface area contributed by atoms with Crippen LogP contribution < -0.4 is 10.6 Å². The summed E-state index contributed by atoms with van der Waals surface area (Å²) in [7, 11) is 1.55. The Morgan fingerprint density at radius 3 is 2.47 bits per heavy atom. The first-order valence-corrected chi connectivity index (χ1v) is 5.81. The van der Waals surface area contributed by atoms with Crippen LogP contribution >= 0.6 is 0 Å². The van der Waals surface area contributed by atoms with Crippen molar-refractivity contribution in [3.05, 3.63) is 65.7 Å². The third kappa shape index (κ3) is 3.19. The van der Waals surface area contributed by atoms with Gasteiger partial charge in [-0.05, 0) is 30.3 Å². The molecule has 0 bridgehead atoms. The largest absolute Gasteiger partial charge is 0.355 e. The zero-order valence-corrected chi connectivity index (χ0v) is 10.4. The minimum atomic E-state index is -0.240. The van der Waals surface area contributed by atoms with Crippen LogP contribution in [0.5, 0.6) is 0 Å². The van der Waals surface area contributed by atoms with Gasteiger partial charge in [0.2, 0.25) is 0 Å². The molecule has 2 aromatic rings. The van der Waals surface area contributed by atoms with Crippen LogP contribution in [0.4, 0.5) is 5.69 Å². The number of hydrogen-bond acceptors (Lipinski definition) is 2. The molecule has 95 valence electrons. The molecule has 2 amide bonds. The van der Waals surface area contributed by atoms with E-state index in [4.69, 9.17) is 0 Å². The molecule has 4 nitrogen and oxygen atoms in total. The van der Waals surface area contributed by atoms with Gasteiger partial charge in [-0.1, -0.05) is 24.3 Å². The van der Waals surface area contributed by atoms with E-state index in [9.17, 15) is 9.59 Å². The molecule has 0 spiro atoms. The average molecular weight is 253 g/mol. The van der Waals surface area contributed by atoms with E-state index < -0.39 is 0 Å². The molecule has 0 aromatic heterocycles. The summed E-state index contributed by atoms with van der Waals surface area (Å²) < 4.78 is 0. The molecule has 0 aliphatic heterocycles. The molecular weight excluding hydrogens is 240 g/mol. The van der Waals surface area contributed by atoms with Crippen LogP contribution in [0.1, 0.15) is 20.7 Å². The van der Waals surface area contributed by atoms with Crippen LogP contribution in [0.2, 0.25) is 0 Å². The maximum Gasteiger partial charge on any atom is 0.255 e. The highest BCUT2D eigenvalue weighted by Gasteiger charge is 2.07. The maximum atomic E-state index is 11.9. The standard InChI is InChI=1S/C15H13N2O2/c1-16-14(18)12-8-5-9-13(10-12)17-15(19)11-6-3-2-4-7-11/h2-7,9-10H,1H3,(H,16,18)(H,17,19). The van der Waals surface area contributed by atoms with Crippen molar-refractivity contribution in [2.24, 2.45) is 0 Å². The van der Waals surface area contributed by atoms with Crippen molar-refractivity contribution >= 4 is 17.5 Å². The zero-order valence-electron chi connectivity index (χ0n) is 10.4. The third-order valence-electron chi connectivity index (χ3n) is 2.57. The normalized spacial score (nSPS) is 9.74. The fourth-order valence-electron chi connectivity index (χ4n) is 1.60. The van der Waals surface area contributed by atoms with Crippen LogP contribution in [0.15, 0.2) is 48.5 Å². The van der Waals surface area contributed by atoms with Crippen molar-refractivity contribution in [3.63, 3.8) is 0 Å². The fraction of sp³-hybridized carbons (Fsp3) is 0.0667. The molecule has 2 aromatic carbocycles. The highest BCUT2D eigenvalue weighted by atomic mass is 16.2. The van der Waals surface area contributed by atoms with Gasteiger partial charge in [-0.15, -0.1) is 0 Å². The van der Waals surface area contributed by atoms with Crippen molar-refractivity contribution in [1.29, 1.82) is 0 Å². The number of carbonyl (C=O) groups is 2. The lowest BCUT2D eigenvalue weighted by Crippen LogP contribution is -2.18. The van der Waals surface area contributed by atoms with Gasteiger partial charge in [0, 0.05) is 23.9 Å². The molecule has 0 saturated carbocycles. The second kappa shape index (κ2) is 5.82. The Morgan fingerprint density at radius 2 is 1.79 bits per heavy atom. The summed E-state index contributed by atoms with van der Waals surface area (Å²) in [5.74, 6) is -0.453. The topological polar surface area (TPSA) is 58.2 Å². The van der Waals surface area contributed by atoms with E-state index in [1.165, 1.54) is 0 Å². The van der Waals surface area contributed by atoms with Gasteiger partial charge in [0.25, 0.3) is 11.8 Å². The van der Waals surface area contributed by atoms with Gasteiger partial charge in [0.15, 0.2) is 0 Å². The molecule has 2 N–H and O–H groups in total. The predicted octanol–water partition coefficient (Wildman–Crippen LogP) is 2.10. The van der Waals surface area contributed by atoms with Crippen LogP contribution in [0.3, 0.4) is 0 Å². The summed E-state index contributed by atoms with van der Waals surface area (Å²) in [6.07, 6.45) is 0. The van der Waals surface area contributed by atoms with Crippen LogP contribution in [-0.2, 0) is 0 Å². The maximum absolute atomic E-state index is 11.9. The zero-order chi connectivity index (χ0) is 13.7. The molecule has 1 radical (unpaired) electrons. The van der Waals surface area contributed by atoms with Gasteiger partial charge in [-0.25, -0.2) is 0 Å². The van der Waals surface area contributed by atoms with E-state index in [2.05, 4.69) is 16.7 Å². The first kappa shape index (κ1) is 12.8. The van der Waals surface area contributed by atoms with E-state index >= 15 is 0 Å². The summed E-state index contributed by atoms with van der Waals surface area (Å²) in [5, 5.41) is 5.25. The van der Waals surface area contributed by atoms with Gasteiger partial charge in [-0.2, -0.15) is 0 Å². The summed E-state index contributed by atoms with van der Waals surface area (Å²) in [5.41, 5.74) is 1.51. The number of rotatable bonds is 3. The molecule has 4 heteroatoms. The summed E-state index contributed by atoms with van der Waals surface area (Å²) in [6, 6.07) is 16.6. The van der Waals surface area contributed by atoms with Crippen molar-refractivity contribution in [2.75, 3.05) is 12.4 Å². The lowest BCUT2D eigenvalue weighted by atomic mass is 10.1. The average Bonchev–Trinajstić information content (AvgIpc) is 2.47. The van der Waals surface area contributed by atoms with Gasteiger partial charge in [0.05, 0.1) is 0 Å². The second-order valence-electron chi connectivity index (χ2n) is 3.89. The van der Waals surface area contributed by atoms with E-state index in [0.29, 0.717) is 16.8 Å². The summed E-state index contributed by atoms with van der Waals surface area (Å²) in [4.78, 5) is 23.4. The summed E-state index contributed by atoms with van der Waals surface area (Å²) in [6.45, 7) is 0. The van der Waals surface area contributed by atoms with Crippen molar-refractivity contribution in [3.8, 4) is 0 Å². The minimum Gasteiger partial charge on any atom is -0.355 e. The molecule has 0 saturated heterocycles. The first-order chi connectivity index (χ1) is 9.20. The van der Waals surface area contributed by atoms with Crippen molar-refractivity contribution in [2.45, 2.75) is 0 Å². The molecule has 0 fully saturated rings. The van der Waals surface area contributed by atoms with E-state index in [-0.39, 0.29) is 11.8 Å². The van der Waals surface area contributed by atoms with Crippen molar-refractivity contribution < 1.29 is 9.59 Å². The molecular formula is C15H13N2O2. The molecule has 2 rings (SSSR count).